The molecular weight excluding hydrogens is 464 g/mol. The van der Waals surface area contributed by atoms with E-state index >= 15 is 0 Å². The Balaban J connectivity index is 1.63. The highest BCUT2D eigenvalue weighted by Crippen LogP contribution is 2.42. The Morgan fingerprint density at radius 2 is 1.85 bits per heavy atom. The molecule has 2 heterocycles. The molecule has 0 aliphatic carbocycles. The highest BCUT2D eigenvalue weighted by Gasteiger charge is 2.39. The first-order chi connectivity index (χ1) is 15.8. The highest BCUT2D eigenvalue weighted by molar-refractivity contribution is 7.89. The van der Waals surface area contributed by atoms with Gasteiger partial charge in [-0.25, -0.2) is 8.42 Å². The molecule has 2 aromatic carbocycles. The number of benzene rings is 2. The quantitative estimate of drug-likeness (QED) is 0.654. The predicted octanol–water partition coefficient (Wildman–Crippen LogP) is 4.17. The van der Waals surface area contributed by atoms with Crippen LogP contribution in [-0.4, -0.2) is 50.5 Å². The van der Waals surface area contributed by atoms with Crippen LogP contribution < -0.4 is 10.1 Å². The maximum absolute atomic E-state index is 13.3. The standard InChI is InChI=1S/C24H29ClN2O5S/c1-3-24(4-2)16-21(18-7-5-6-8-22(18)32-24)26-23(28)19-15-17(9-10-20(19)25)33(29,30)27-11-13-31-14-12-27/h5-10,15,21H,3-4,11-14,16H2,1-2H3,(H,26,28)/t21-/m1/s1. The number of ether oxygens (including phenoxy) is 2. The second-order valence-electron chi connectivity index (χ2n) is 8.42. The van der Waals surface area contributed by atoms with Crippen molar-refractivity contribution in [3.05, 3.63) is 58.6 Å². The van der Waals surface area contributed by atoms with Gasteiger partial charge in [0.05, 0.1) is 34.7 Å². The number of carbonyl (C=O) groups excluding carboxylic acids is 1. The third-order valence-electron chi connectivity index (χ3n) is 6.58. The lowest BCUT2D eigenvalue weighted by molar-refractivity contribution is 0.0227. The normalized spacial score (nSPS) is 20.5. The van der Waals surface area contributed by atoms with E-state index in [9.17, 15) is 13.2 Å². The Morgan fingerprint density at radius 1 is 1.15 bits per heavy atom. The van der Waals surface area contributed by atoms with Crippen molar-refractivity contribution in [3.63, 3.8) is 0 Å². The molecule has 1 saturated heterocycles. The molecule has 0 spiro atoms. The topological polar surface area (TPSA) is 84.9 Å². The summed E-state index contributed by atoms with van der Waals surface area (Å²) in [6, 6.07) is 11.7. The third kappa shape index (κ3) is 4.75. The summed E-state index contributed by atoms with van der Waals surface area (Å²) >= 11 is 6.34. The largest absolute Gasteiger partial charge is 0.487 e. The van der Waals surface area contributed by atoms with Crippen molar-refractivity contribution in [2.24, 2.45) is 0 Å². The second-order valence-corrected chi connectivity index (χ2v) is 10.8. The number of hydrogen-bond donors (Lipinski definition) is 1. The van der Waals surface area contributed by atoms with Crippen molar-refractivity contribution in [2.45, 2.75) is 49.6 Å². The van der Waals surface area contributed by atoms with Gasteiger partial charge >= 0.3 is 0 Å². The molecule has 1 N–H and O–H groups in total. The van der Waals surface area contributed by atoms with Gasteiger partial charge in [-0.05, 0) is 37.1 Å². The molecule has 2 aromatic rings. The van der Waals surface area contributed by atoms with Gasteiger partial charge in [0, 0.05) is 25.1 Å². The van der Waals surface area contributed by atoms with E-state index in [1.54, 1.807) is 0 Å². The van der Waals surface area contributed by atoms with Crippen LogP contribution >= 0.6 is 11.6 Å². The third-order valence-corrected chi connectivity index (χ3v) is 8.81. The number of nitrogens with one attached hydrogen (secondary N) is 1. The first-order valence-corrected chi connectivity index (χ1v) is 13.1. The fourth-order valence-electron chi connectivity index (χ4n) is 4.44. The molecule has 0 unspecified atom stereocenters. The number of rotatable bonds is 6. The van der Waals surface area contributed by atoms with Gasteiger partial charge in [-0.1, -0.05) is 43.6 Å². The van der Waals surface area contributed by atoms with Gasteiger partial charge in [0.1, 0.15) is 11.4 Å². The summed E-state index contributed by atoms with van der Waals surface area (Å²) < 4.78 is 39.1. The molecule has 0 aromatic heterocycles. The van der Waals surface area contributed by atoms with E-state index in [2.05, 4.69) is 19.2 Å². The van der Waals surface area contributed by atoms with Crippen LogP contribution in [0.3, 0.4) is 0 Å². The summed E-state index contributed by atoms with van der Waals surface area (Å²) in [5.41, 5.74) is 0.655. The molecule has 4 rings (SSSR count). The van der Waals surface area contributed by atoms with Crippen LogP contribution in [0.1, 0.15) is 55.1 Å². The number of halogens is 1. The number of para-hydroxylation sites is 1. The van der Waals surface area contributed by atoms with E-state index in [0.29, 0.717) is 19.6 Å². The van der Waals surface area contributed by atoms with Crippen molar-refractivity contribution in [1.29, 1.82) is 0 Å². The zero-order valence-corrected chi connectivity index (χ0v) is 20.4. The molecule has 0 saturated carbocycles. The van der Waals surface area contributed by atoms with Gasteiger partial charge in [-0.3, -0.25) is 4.79 Å². The average molecular weight is 493 g/mol. The molecule has 178 valence electrons. The lowest BCUT2D eigenvalue weighted by Crippen LogP contribution is -2.44. The predicted molar refractivity (Wildman–Crippen MR) is 126 cm³/mol. The number of hydrogen-bond acceptors (Lipinski definition) is 5. The maximum Gasteiger partial charge on any atom is 0.253 e. The maximum atomic E-state index is 13.3. The van der Waals surface area contributed by atoms with Crippen LogP contribution in [-0.2, 0) is 14.8 Å². The zero-order chi connectivity index (χ0) is 23.6. The van der Waals surface area contributed by atoms with Gasteiger partial charge < -0.3 is 14.8 Å². The number of nitrogens with zero attached hydrogens (tertiary/aromatic N) is 1. The number of amides is 1. The van der Waals surface area contributed by atoms with Crippen molar-refractivity contribution >= 4 is 27.5 Å². The Kier molecular flexibility index (Phi) is 7.00. The van der Waals surface area contributed by atoms with Crippen LogP contribution in [0.2, 0.25) is 5.02 Å². The van der Waals surface area contributed by atoms with Crippen LogP contribution in [0.15, 0.2) is 47.4 Å². The summed E-state index contributed by atoms with van der Waals surface area (Å²) in [6.07, 6.45) is 2.22. The van der Waals surface area contributed by atoms with Gasteiger partial charge in [0.2, 0.25) is 10.0 Å². The van der Waals surface area contributed by atoms with E-state index in [1.807, 2.05) is 24.3 Å². The Bertz CT molecular complexity index is 1130. The summed E-state index contributed by atoms with van der Waals surface area (Å²) in [5, 5.41) is 3.28. The molecule has 33 heavy (non-hydrogen) atoms. The Labute approximate surface area is 200 Å². The van der Waals surface area contributed by atoms with Gasteiger partial charge in [-0.15, -0.1) is 0 Å². The van der Waals surface area contributed by atoms with Crippen molar-refractivity contribution in [1.82, 2.24) is 9.62 Å². The van der Waals surface area contributed by atoms with Crippen LogP contribution in [0, 0.1) is 0 Å². The molecule has 7 nitrogen and oxygen atoms in total. The van der Waals surface area contributed by atoms with Crippen molar-refractivity contribution in [2.75, 3.05) is 26.3 Å². The Morgan fingerprint density at radius 3 is 2.55 bits per heavy atom. The summed E-state index contributed by atoms with van der Waals surface area (Å²) in [5.74, 6) is 0.342. The summed E-state index contributed by atoms with van der Waals surface area (Å²) in [4.78, 5) is 13.4. The van der Waals surface area contributed by atoms with E-state index in [4.69, 9.17) is 21.1 Å². The second kappa shape index (κ2) is 9.62. The number of morpholine rings is 1. The number of sulfonamides is 1. The minimum Gasteiger partial charge on any atom is -0.487 e. The first-order valence-electron chi connectivity index (χ1n) is 11.3. The van der Waals surface area contributed by atoms with E-state index < -0.39 is 15.9 Å². The molecule has 2 aliphatic rings. The average Bonchev–Trinajstić information content (AvgIpc) is 2.84. The zero-order valence-electron chi connectivity index (χ0n) is 18.8. The lowest BCUT2D eigenvalue weighted by atomic mass is 9.83. The minimum absolute atomic E-state index is 0.0443. The van der Waals surface area contributed by atoms with E-state index in [1.165, 1.54) is 22.5 Å². The molecule has 9 heteroatoms. The van der Waals surface area contributed by atoms with Crippen molar-refractivity contribution in [3.8, 4) is 5.75 Å². The van der Waals surface area contributed by atoms with Crippen LogP contribution in [0.4, 0.5) is 0 Å². The summed E-state index contributed by atoms with van der Waals surface area (Å²) in [6.45, 7) is 5.41. The fraction of sp³-hybridized carbons (Fsp3) is 0.458. The number of carbonyl (C=O) groups is 1. The molecule has 0 radical (unpaired) electrons. The van der Waals surface area contributed by atoms with Gasteiger partial charge in [-0.2, -0.15) is 4.31 Å². The molecule has 1 amide bonds. The van der Waals surface area contributed by atoms with Gasteiger partial charge in [0.25, 0.3) is 5.91 Å². The van der Waals surface area contributed by atoms with Crippen LogP contribution in [0.25, 0.3) is 0 Å². The summed E-state index contributed by atoms with van der Waals surface area (Å²) in [7, 11) is -3.75. The molecular formula is C24H29ClN2O5S. The Hall–Kier alpha value is -2.13. The molecule has 1 fully saturated rings. The molecule has 2 aliphatic heterocycles. The SMILES string of the molecule is CCC1(CC)C[C@@H](NC(=O)c2cc(S(=O)(=O)N3CCOCC3)ccc2Cl)c2ccccc2O1. The van der Waals surface area contributed by atoms with Crippen LogP contribution in [0.5, 0.6) is 5.75 Å². The number of fused-ring (bicyclic) bond motifs is 1. The smallest absolute Gasteiger partial charge is 0.253 e. The van der Waals surface area contributed by atoms with E-state index in [-0.39, 0.29) is 40.2 Å². The van der Waals surface area contributed by atoms with E-state index in [0.717, 1.165) is 24.2 Å². The first kappa shape index (κ1) is 24.0. The molecule has 1 atom stereocenters. The fourth-order valence-corrected chi connectivity index (χ4v) is 6.08. The highest BCUT2D eigenvalue weighted by atomic mass is 35.5. The monoisotopic (exact) mass is 492 g/mol. The van der Waals surface area contributed by atoms with Gasteiger partial charge in [0.15, 0.2) is 0 Å². The lowest BCUT2D eigenvalue weighted by Gasteiger charge is -2.41. The molecule has 0 bridgehead atoms. The van der Waals surface area contributed by atoms with Crippen molar-refractivity contribution < 1.29 is 22.7 Å². The minimum atomic E-state index is -3.75.